The second-order valence-corrected chi connectivity index (χ2v) is 7.46. The Morgan fingerprint density at radius 3 is 2.33 bits per heavy atom. The number of nitrogens with one attached hydrogen (secondary N) is 1. The fraction of sp³-hybridized carbons (Fsp3) is 0.167. The topological polar surface area (TPSA) is 58.6 Å². The lowest BCUT2D eigenvalue weighted by Gasteiger charge is -2.13. The summed E-state index contributed by atoms with van der Waals surface area (Å²) in [5.41, 5.74) is 3.19. The number of hydrogen-bond acceptors (Lipinski definition) is 3. The van der Waals surface area contributed by atoms with Crippen molar-refractivity contribution >= 4 is 29.1 Å². The van der Waals surface area contributed by atoms with Crippen LogP contribution in [0.5, 0.6) is 5.75 Å². The number of anilines is 1. The van der Waals surface area contributed by atoms with Gasteiger partial charge in [-0.15, -0.1) is 0 Å². The van der Waals surface area contributed by atoms with Crippen LogP contribution in [0, 0.1) is 0 Å². The van der Waals surface area contributed by atoms with Gasteiger partial charge in [0, 0.05) is 36.8 Å². The maximum atomic E-state index is 12.3. The predicted octanol–water partition coefficient (Wildman–Crippen LogP) is 4.65. The first kappa shape index (κ1) is 21.4. The highest BCUT2D eigenvalue weighted by atomic mass is 35.5. The molecule has 0 aromatic heterocycles. The molecule has 0 atom stereocenters. The molecule has 154 valence electrons. The van der Waals surface area contributed by atoms with Crippen molar-refractivity contribution in [1.82, 2.24) is 4.90 Å². The average Bonchev–Trinajstić information content (AvgIpc) is 2.74. The molecule has 0 heterocycles. The van der Waals surface area contributed by atoms with Crippen molar-refractivity contribution in [1.29, 1.82) is 0 Å². The van der Waals surface area contributed by atoms with Crippen molar-refractivity contribution in [3.63, 3.8) is 0 Å². The number of nitrogens with zero attached hydrogens (tertiary/aromatic N) is 1. The van der Waals surface area contributed by atoms with Crippen molar-refractivity contribution in [2.24, 2.45) is 0 Å². The zero-order chi connectivity index (χ0) is 21.5. The molecule has 0 aliphatic carbocycles. The zero-order valence-electron chi connectivity index (χ0n) is 16.9. The number of carbonyl (C=O) groups is 2. The smallest absolute Gasteiger partial charge is 0.262 e. The number of hydrogen-bond donors (Lipinski definition) is 1. The number of benzene rings is 3. The highest BCUT2D eigenvalue weighted by molar-refractivity contribution is 6.30. The first-order chi connectivity index (χ1) is 14.4. The quantitative estimate of drug-likeness (QED) is 0.603. The van der Waals surface area contributed by atoms with Gasteiger partial charge in [0.1, 0.15) is 5.75 Å². The summed E-state index contributed by atoms with van der Waals surface area (Å²) in [7, 11) is 3.39. The van der Waals surface area contributed by atoms with Gasteiger partial charge in [0.2, 0.25) is 0 Å². The van der Waals surface area contributed by atoms with Gasteiger partial charge in [-0.3, -0.25) is 9.59 Å². The van der Waals surface area contributed by atoms with Crippen molar-refractivity contribution in [2.75, 3.05) is 26.0 Å². The number of ether oxygens (including phenoxy) is 1. The van der Waals surface area contributed by atoms with E-state index < -0.39 is 0 Å². The van der Waals surface area contributed by atoms with Crippen LogP contribution in [0.25, 0.3) is 0 Å². The molecule has 0 aliphatic rings. The highest BCUT2D eigenvalue weighted by Crippen LogP contribution is 2.25. The third kappa shape index (κ3) is 5.84. The second kappa shape index (κ2) is 9.94. The molecule has 3 aromatic carbocycles. The number of carbonyl (C=O) groups excluding carboxylic acids is 2. The fourth-order valence-corrected chi connectivity index (χ4v) is 3.13. The number of amides is 2. The summed E-state index contributed by atoms with van der Waals surface area (Å²) in [6, 6.07) is 22.1. The van der Waals surface area contributed by atoms with Crippen LogP contribution in [0.1, 0.15) is 21.5 Å². The largest absolute Gasteiger partial charge is 0.483 e. The van der Waals surface area contributed by atoms with Gasteiger partial charge in [-0.05, 0) is 53.6 Å². The monoisotopic (exact) mass is 422 g/mol. The average molecular weight is 423 g/mol. The maximum absolute atomic E-state index is 12.3. The predicted molar refractivity (Wildman–Crippen MR) is 119 cm³/mol. The van der Waals surface area contributed by atoms with E-state index in [0.717, 1.165) is 11.1 Å². The van der Waals surface area contributed by atoms with Crippen LogP contribution in [0.4, 0.5) is 5.69 Å². The van der Waals surface area contributed by atoms with E-state index in [1.807, 2.05) is 36.4 Å². The summed E-state index contributed by atoms with van der Waals surface area (Å²) in [6.07, 6.45) is 0.652. The van der Waals surface area contributed by atoms with Gasteiger partial charge in [0.15, 0.2) is 6.61 Å². The fourth-order valence-electron chi connectivity index (χ4n) is 2.94. The number of rotatable bonds is 7. The van der Waals surface area contributed by atoms with Gasteiger partial charge in [-0.1, -0.05) is 41.9 Å². The summed E-state index contributed by atoms with van der Waals surface area (Å²) < 4.78 is 5.76. The van der Waals surface area contributed by atoms with Crippen molar-refractivity contribution < 1.29 is 14.3 Å². The van der Waals surface area contributed by atoms with Gasteiger partial charge in [0.25, 0.3) is 11.8 Å². The van der Waals surface area contributed by atoms with E-state index in [1.54, 1.807) is 50.5 Å². The minimum Gasteiger partial charge on any atom is -0.483 e. The molecule has 0 unspecified atom stereocenters. The Balaban J connectivity index is 1.61. The minimum absolute atomic E-state index is 0.0927. The first-order valence-electron chi connectivity index (χ1n) is 9.49. The summed E-state index contributed by atoms with van der Waals surface area (Å²) >= 11 is 6.15. The molecule has 2 amide bonds. The maximum Gasteiger partial charge on any atom is 0.262 e. The van der Waals surface area contributed by atoms with Gasteiger partial charge in [-0.2, -0.15) is 0 Å². The normalized spacial score (nSPS) is 10.4. The Morgan fingerprint density at radius 2 is 1.67 bits per heavy atom. The molecule has 0 fully saturated rings. The van der Waals surface area contributed by atoms with Crippen molar-refractivity contribution in [3.8, 4) is 5.75 Å². The summed E-state index contributed by atoms with van der Waals surface area (Å²) in [6.45, 7) is -0.137. The lowest BCUT2D eigenvalue weighted by Crippen LogP contribution is -2.22. The lowest BCUT2D eigenvalue weighted by molar-refractivity contribution is -0.118. The Bertz CT molecular complexity index is 1020. The molecule has 30 heavy (non-hydrogen) atoms. The molecule has 0 spiro atoms. The SMILES string of the molecule is CN(C)C(=O)c1ccc(NC(=O)COc2ccc(Cl)cc2Cc2ccccc2)cc1. The Hall–Kier alpha value is -3.31. The van der Waals surface area contributed by atoms with E-state index in [9.17, 15) is 9.59 Å². The third-order valence-corrected chi connectivity index (χ3v) is 4.68. The molecule has 0 aliphatic heterocycles. The molecule has 0 bridgehead atoms. The molecule has 6 heteroatoms. The molecule has 3 aromatic rings. The molecule has 1 N–H and O–H groups in total. The molecular weight excluding hydrogens is 400 g/mol. The standard InChI is InChI=1S/C24H23ClN2O3/c1-27(2)24(29)18-8-11-21(12-9-18)26-23(28)16-30-22-13-10-20(25)15-19(22)14-17-6-4-3-5-7-17/h3-13,15H,14,16H2,1-2H3,(H,26,28). The summed E-state index contributed by atoms with van der Waals surface area (Å²) in [5.74, 6) is 0.234. The first-order valence-corrected chi connectivity index (χ1v) is 9.87. The lowest BCUT2D eigenvalue weighted by atomic mass is 10.0. The molecular formula is C24H23ClN2O3. The van der Waals surface area contributed by atoms with Gasteiger partial charge < -0.3 is 15.0 Å². The number of halogens is 1. The highest BCUT2D eigenvalue weighted by Gasteiger charge is 2.11. The Labute approximate surface area is 181 Å². The summed E-state index contributed by atoms with van der Waals surface area (Å²) in [4.78, 5) is 25.7. The minimum atomic E-state index is -0.290. The van der Waals surface area contributed by atoms with E-state index in [0.29, 0.717) is 28.4 Å². The van der Waals surface area contributed by atoms with Crippen molar-refractivity contribution in [3.05, 3.63) is 94.5 Å². The molecule has 3 rings (SSSR count). The van der Waals surface area contributed by atoms with E-state index in [-0.39, 0.29) is 18.4 Å². The van der Waals surface area contributed by atoms with Gasteiger partial charge in [0.05, 0.1) is 0 Å². The van der Waals surface area contributed by atoms with Crippen LogP contribution < -0.4 is 10.1 Å². The molecule has 5 nitrogen and oxygen atoms in total. The van der Waals surface area contributed by atoms with Crippen LogP contribution in [-0.2, 0) is 11.2 Å². The van der Waals surface area contributed by atoms with E-state index >= 15 is 0 Å². The van der Waals surface area contributed by atoms with E-state index in [2.05, 4.69) is 5.32 Å². The van der Waals surface area contributed by atoms with Gasteiger partial charge in [-0.25, -0.2) is 0 Å². The second-order valence-electron chi connectivity index (χ2n) is 7.03. The zero-order valence-corrected chi connectivity index (χ0v) is 17.6. The van der Waals surface area contributed by atoms with Crippen LogP contribution in [0.2, 0.25) is 5.02 Å². The van der Waals surface area contributed by atoms with Crippen molar-refractivity contribution in [2.45, 2.75) is 6.42 Å². The Morgan fingerprint density at radius 1 is 0.967 bits per heavy atom. The Kier molecular flexibility index (Phi) is 7.09. The molecule has 0 saturated heterocycles. The third-order valence-electron chi connectivity index (χ3n) is 4.44. The molecule has 0 saturated carbocycles. The van der Waals surface area contributed by atoms with Gasteiger partial charge >= 0.3 is 0 Å². The van der Waals surface area contributed by atoms with Crippen LogP contribution >= 0.6 is 11.6 Å². The van der Waals surface area contributed by atoms with Crippen LogP contribution in [0.3, 0.4) is 0 Å². The molecule has 0 radical (unpaired) electrons. The summed E-state index contributed by atoms with van der Waals surface area (Å²) in [5, 5.41) is 3.39. The van der Waals surface area contributed by atoms with Crippen LogP contribution in [0.15, 0.2) is 72.8 Å². The van der Waals surface area contributed by atoms with E-state index in [4.69, 9.17) is 16.3 Å². The van der Waals surface area contributed by atoms with Crippen LogP contribution in [-0.4, -0.2) is 37.4 Å². The van der Waals surface area contributed by atoms with E-state index in [1.165, 1.54) is 4.90 Å².